The normalized spacial score (nSPS) is 15.8. The molecule has 1 aliphatic rings. The van der Waals surface area contributed by atoms with Gasteiger partial charge in [0.2, 0.25) is 5.88 Å². The quantitative estimate of drug-likeness (QED) is 0.867. The lowest BCUT2D eigenvalue weighted by atomic mass is 9.98. The zero-order valence-electron chi connectivity index (χ0n) is 12.6. The Morgan fingerprint density at radius 2 is 1.95 bits per heavy atom. The second-order valence-corrected chi connectivity index (χ2v) is 5.96. The van der Waals surface area contributed by atoms with Crippen molar-refractivity contribution in [1.82, 2.24) is 15.0 Å². The van der Waals surface area contributed by atoms with E-state index in [-0.39, 0.29) is 0 Å². The van der Waals surface area contributed by atoms with Crippen LogP contribution in [0.5, 0.6) is 5.88 Å². The molecule has 0 saturated carbocycles. The molecule has 2 aromatic heterocycles. The van der Waals surface area contributed by atoms with Crippen LogP contribution in [0.1, 0.15) is 18.5 Å². The number of aryl methyl sites for hydroxylation is 1. The number of nitrogens with zero attached hydrogens (tertiary/aromatic N) is 4. The van der Waals surface area contributed by atoms with E-state index in [1.807, 2.05) is 19.1 Å². The largest absolute Gasteiger partial charge is 0.476 e. The van der Waals surface area contributed by atoms with Gasteiger partial charge in [-0.1, -0.05) is 11.6 Å². The van der Waals surface area contributed by atoms with Crippen molar-refractivity contribution < 1.29 is 4.74 Å². The van der Waals surface area contributed by atoms with Crippen LogP contribution in [0.3, 0.4) is 0 Å². The van der Waals surface area contributed by atoms with Crippen LogP contribution in [0, 0.1) is 12.8 Å². The van der Waals surface area contributed by atoms with Crippen LogP contribution in [-0.2, 0) is 0 Å². The van der Waals surface area contributed by atoms with E-state index < -0.39 is 0 Å². The second-order valence-electron chi connectivity index (χ2n) is 5.52. The summed E-state index contributed by atoms with van der Waals surface area (Å²) in [5.41, 5.74) is 0.838. The molecule has 0 radical (unpaired) electrons. The molecule has 0 unspecified atom stereocenters. The van der Waals surface area contributed by atoms with Gasteiger partial charge in [0.25, 0.3) is 0 Å². The number of rotatable bonds is 4. The minimum absolute atomic E-state index is 0.546. The van der Waals surface area contributed by atoms with Gasteiger partial charge < -0.3 is 9.64 Å². The highest BCUT2D eigenvalue weighted by molar-refractivity contribution is 6.30. The van der Waals surface area contributed by atoms with Gasteiger partial charge in [-0.25, -0.2) is 9.97 Å². The molecule has 3 heterocycles. The van der Waals surface area contributed by atoms with Crippen LogP contribution in [0.4, 0.5) is 5.82 Å². The maximum atomic E-state index is 5.88. The summed E-state index contributed by atoms with van der Waals surface area (Å²) in [6.07, 6.45) is 7.22. The number of aromatic nitrogens is 3. The third kappa shape index (κ3) is 3.65. The summed E-state index contributed by atoms with van der Waals surface area (Å²) in [6, 6.07) is 3.86. The predicted molar refractivity (Wildman–Crippen MR) is 86.4 cm³/mol. The first kappa shape index (κ1) is 15.0. The minimum Gasteiger partial charge on any atom is -0.476 e. The summed E-state index contributed by atoms with van der Waals surface area (Å²) in [7, 11) is 0. The van der Waals surface area contributed by atoms with Crippen molar-refractivity contribution in [3.05, 3.63) is 41.4 Å². The Labute approximate surface area is 135 Å². The first-order valence-electron chi connectivity index (χ1n) is 7.49. The standard InChI is InChI=1S/C16H19ClN4O/c1-12-16(19-7-6-18-12)22-11-13-4-8-21(9-5-13)15-3-2-14(17)10-20-15/h2-3,6-7,10,13H,4-5,8-9,11H2,1H3. The summed E-state index contributed by atoms with van der Waals surface area (Å²) in [4.78, 5) is 15.1. The lowest BCUT2D eigenvalue weighted by Crippen LogP contribution is -2.36. The van der Waals surface area contributed by atoms with Crippen LogP contribution >= 0.6 is 11.6 Å². The van der Waals surface area contributed by atoms with E-state index in [4.69, 9.17) is 16.3 Å². The van der Waals surface area contributed by atoms with Gasteiger partial charge in [-0.2, -0.15) is 0 Å². The van der Waals surface area contributed by atoms with Crippen LogP contribution in [0.25, 0.3) is 0 Å². The molecule has 0 atom stereocenters. The Morgan fingerprint density at radius 3 is 2.64 bits per heavy atom. The van der Waals surface area contributed by atoms with E-state index in [9.17, 15) is 0 Å². The van der Waals surface area contributed by atoms with E-state index in [1.165, 1.54) is 0 Å². The maximum absolute atomic E-state index is 5.88. The fourth-order valence-electron chi connectivity index (χ4n) is 2.62. The number of anilines is 1. The van der Waals surface area contributed by atoms with Gasteiger partial charge in [0.1, 0.15) is 5.82 Å². The van der Waals surface area contributed by atoms with Gasteiger partial charge in [-0.3, -0.25) is 4.98 Å². The maximum Gasteiger partial charge on any atom is 0.235 e. The van der Waals surface area contributed by atoms with Gasteiger partial charge >= 0.3 is 0 Å². The highest BCUT2D eigenvalue weighted by Crippen LogP contribution is 2.23. The Hall–Kier alpha value is -1.88. The molecule has 5 nitrogen and oxygen atoms in total. The molecule has 1 fully saturated rings. The van der Waals surface area contributed by atoms with Crippen molar-refractivity contribution in [1.29, 1.82) is 0 Å². The first-order chi connectivity index (χ1) is 10.7. The molecule has 22 heavy (non-hydrogen) atoms. The van der Waals surface area contributed by atoms with Gasteiger partial charge in [0.05, 0.1) is 17.3 Å². The van der Waals surface area contributed by atoms with Gasteiger partial charge in [0, 0.05) is 31.7 Å². The summed E-state index contributed by atoms with van der Waals surface area (Å²) in [5, 5.41) is 0.673. The monoisotopic (exact) mass is 318 g/mol. The van der Waals surface area contributed by atoms with E-state index in [0.717, 1.165) is 37.4 Å². The highest BCUT2D eigenvalue weighted by Gasteiger charge is 2.21. The zero-order chi connectivity index (χ0) is 15.4. The Balaban J connectivity index is 1.49. The van der Waals surface area contributed by atoms with Gasteiger partial charge in [0.15, 0.2) is 0 Å². The van der Waals surface area contributed by atoms with Crippen molar-refractivity contribution in [3.63, 3.8) is 0 Å². The van der Waals surface area contributed by atoms with E-state index >= 15 is 0 Å². The number of pyridine rings is 1. The topological polar surface area (TPSA) is 51.1 Å². The van der Waals surface area contributed by atoms with Crippen molar-refractivity contribution in [3.8, 4) is 5.88 Å². The molecule has 1 saturated heterocycles. The Kier molecular flexibility index (Phi) is 4.73. The molecular formula is C16H19ClN4O. The molecule has 116 valence electrons. The lowest BCUT2D eigenvalue weighted by Gasteiger charge is -2.32. The fourth-order valence-corrected chi connectivity index (χ4v) is 2.73. The molecule has 0 amide bonds. The van der Waals surface area contributed by atoms with Gasteiger partial charge in [-0.05, 0) is 37.8 Å². The lowest BCUT2D eigenvalue weighted by molar-refractivity contribution is 0.214. The number of piperidine rings is 1. The zero-order valence-corrected chi connectivity index (χ0v) is 13.3. The summed E-state index contributed by atoms with van der Waals surface area (Å²) in [5.74, 6) is 2.18. The Morgan fingerprint density at radius 1 is 1.18 bits per heavy atom. The molecule has 1 aliphatic heterocycles. The van der Waals surface area contributed by atoms with Crippen LogP contribution in [0.15, 0.2) is 30.7 Å². The SMILES string of the molecule is Cc1nccnc1OCC1CCN(c2ccc(Cl)cn2)CC1. The molecular weight excluding hydrogens is 300 g/mol. The molecule has 0 aliphatic carbocycles. The summed E-state index contributed by atoms with van der Waals surface area (Å²) < 4.78 is 5.81. The summed E-state index contributed by atoms with van der Waals surface area (Å²) >= 11 is 5.88. The second kappa shape index (κ2) is 6.92. The third-order valence-corrected chi connectivity index (χ3v) is 4.17. The van der Waals surface area contributed by atoms with E-state index in [1.54, 1.807) is 18.6 Å². The third-order valence-electron chi connectivity index (χ3n) is 3.94. The fraction of sp³-hybridized carbons (Fsp3) is 0.438. The molecule has 2 aromatic rings. The molecule has 0 aromatic carbocycles. The molecule has 3 rings (SSSR count). The average molecular weight is 319 g/mol. The van der Waals surface area contributed by atoms with Crippen LogP contribution in [-0.4, -0.2) is 34.6 Å². The number of hydrogen-bond acceptors (Lipinski definition) is 5. The Bertz CT molecular complexity index is 612. The number of hydrogen-bond donors (Lipinski definition) is 0. The predicted octanol–water partition coefficient (Wildman–Crippen LogP) is 3.13. The van der Waals surface area contributed by atoms with E-state index in [2.05, 4.69) is 19.9 Å². The van der Waals surface area contributed by atoms with Gasteiger partial charge in [-0.15, -0.1) is 0 Å². The van der Waals surface area contributed by atoms with Crippen molar-refractivity contribution >= 4 is 17.4 Å². The first-order valence-corrected chi connectivity index (χ1v) is 7.87. The number of halogens is 1. The van der Waals surface area contributed by atoms with Crippen molar-refractivity contribution in [2.24, 2.45) is 5.92 Å². The van der Waals surface area contributed by atoms with Crippen LogP contribution < -0.4 is 9.64 Å². The van der Waals surface area contributed by atoms with Crippen LogP contribution in [0.2, 0.25) is 5.02 Å². The molecule has 0 N–H and O–H groups in total. The highest BCUT2D eigenvalue weighted by atomic mass is 35.5. The van der Waals surface area contributed by atoms with Crippen molar-refractivity contribution in [2.45, 2.75) is 19.8 Å². The smallest absolute Gasteiger partial charge is 0.235 e. The van der Waals surface area contributed by atoms with Crippen molar-refractivity contribution in [2.75, 3.05) is 24.6 Å². The number of ether oxygens (including phenoxy) is 1. The minimum atomic E-state index is 0.546. The average Bonchev–Trinajstić information content (AvgIpc) is 2.55. The molecule has 0 spiro atoms. The molecule has 0 bridgehead atoms. The molecule has 6 heteroatoms. The van der Waals surface area contributed by atoms with E-state index in [0.29, 0.717) is 23.4 Å². The summed E-state index contributed by atoms with van der Waals surface area (Å²) in [6.45, 7) is 4.59.